The number of hydrogen-bond acceptors (Lipinski definition) is 3. The first-order valence-electron chi connectivity index (χ1n) is 8.24. The third-order valence-corrected chi connectivity index (χ3v) is 5.94. The Balaban J connectivity index is 1.78. The number of benzene rings is 2. The van der Waals surface area contributed by atoms with Gasteiger partial charge in [-0.3, -0.25) is 4.79 Å². The van der Waals surface area contributed by atoms with Gasteiger partial charge in [-0.2, -0.15) is 0 Å². The van der Waals surface area contributed by atoms with Crippen molar-refractivity contribution in [3.63, 3.8) is 0 Å². The molecule has 0 aliphatic heterocycles. The molecule has 25 heavy (non-hydrogen) atoms. The second-order valence-corrected chi connectivity index (χ2v) is 7.99. The van der Waals surface area contributed by atoms with Gasteiger partial charge in [-0.05, 0) is 36.6 Å². The average Bonchev–Trinajstić information content (AvgIpc) is 2.61. The molecule has 0 fully saturated rings. The van der Waals surface area contributed by atoms with Gasteiger partial charge in [0, 0.05) is 26.6 Å². The zero-order valence-corrected chi connectivity index (χ0v) is 15.4. The molecule has 5 nitrogen and oxygen atoms in total. The van der Waals surface area contributed by atoms with E-state index in [0.29, 0.717) is 25.9 Å². The van der Waals surface area contributed by atoms with Gasteiger partial charge in [-0.25, -0.2) is 12.7 Å². The smallest absolute Gasteiger partial charge is 0.242 e. The minimum absolute atomic E-state index is 0.0752. The van der Waals surface area contributed by atoms with Crippen molar-refractivity contribution in [1.29, 1.82) is 0 Å². The normalized spacial score (nSPS) is 11.5. The summed E-state index contributed by atoms with van der Waals surface area (Å²) in [6.07, 6.45) is 0.767. The van der Waals surface area contributed by atoms with Crippen molar-refractivity contribution in [2.75, 3.05) is 13.6 Å². The van der Waals surface area contributed by atoms with Crippen molar-refractivity contribution in [2.24, 2.45) is 0 Å². The Morgan fingerprint density at radius 1 is 1.04 bits per heavy atom. The first-order valence-corrected chi connectivity index (χ1v) is 9.68. The van der Waals surface area contributed by atoms with E-state index in [-0.39, 0.29) is 10.8 Å². The predicted molar refractivity (Wildman–Crippen MR) is 98.5 cm³/mol. The second-order valence-electron chi connectivity index (χ2n) is 5.95. The van der Waals surface area contributed by atoms with E-state index in [1.54, 1.807) is 30.3 Å². The highest BCUT2D eigenvalue weighted by Crippen LogP contribution is 2.14. The molecular weight excluding hydrogens is 336 g/mol. The molecule has 0 unspecified atom stereocenters. The molecule has 0 aliphatic rings. The third-order valence-electron chi connectivity index (χ3n) is 4.07. The van der Waals surface area contributed by atoms with Crippen LogP contribution in [-0.4, -0.2) is 32.2 Å². The molecule has 0 atom stereocenters. The van der Waals surface area contributed by atoms with Gasteiger partial charge >= 0.3 is 0 Å². The monoisotopic (exact) mass is 360 g/mol. The molecule has 0 bridgehead atoms. The van der Waals surface area contributed by atoms with Crippen molar-refractivity contribution in [3.8, 4) is 0 Å². The van der Waals surface area contributed by atoms with E-state index in [1.807, 2.05) is 31.2 Å². The summed E-state index contributed by atoms with van der Waals surface area (Å²) in [4.78, 5) is 12.2. The number of rotatable bonds is 8. The lowest BCUT2D eigenvalue weighted by molar-refractivity contribution is -0.121. The van der Waals surface area contributed by atoms with Crippen LogP contribution in [0.5, 0.6) is 0 Å². The largest absolute Gasteiger partial charge is 0.352 e. The van der Waals surface area contributed by atoms with Crippen molar-refractivity contribution in [1.82, 2.24) is 9.62 Å². The molecule has 2 rings (SSSR count). The Labute approximate surface area is 149 Å². The van der Waals surface area contributed by atoms with Crippen LogP contribution in [0.4, 0.5) is 0 Å². The number of hydrogen-bond donors (Lipinski definition) is 1. The second kappa shape index (κ2) is 8.78. The molecule has 2 aromatic carbocycles. The lowest BCUT2D eigenvalue weighted by Gasteiger charge is -2.17. The molecule has 1 N–H and O–H groups in total. The topological polar surface area (TPSA) is 66.5 Å². The molecule has 0 aromatic heterocycles. The highest BCUT2D eigenvalue weighted by Gasteiger charge is 2.19. The maximum absolute atomic E-state index is 12.4. The quantitative estimate of drug-likeness (QED) is 0.787. The van der Waals surface area contributed by atoms with Crippen LogP contribution in [-0.2, 0) is 21.4 Å². The molecule has 0 heterocycles. The molecule has 0 spiro atoms. The summed E-state index contributed by atoms with van der Waals surface area (Å²) >= 11 is 0. The van der Waals surface area contributed by atoms with Crippen molar-refractivity contribution in [3.05, 3.63) is 65.7 Å². The van der Waals surface area contributed by atoms with Crippen molar-refractivity contribution >= 4 is 15.9 Å². The van der Waals surface area contributed by atoms with Crippen LogP contribution in [0.15, 0.2) is 59.5 Å². The highest BCUT2D eigenvalue weighted by atomic mass is 32.2. The number of nitrogens with zero attached hydrogens (tertiary/aromatic N) is 1. The Kier molecular flexibility index (Phi) is 6.73. The van der Waals surface area contributed by atoms with Crippen LogP contribution in [0.1, 0.15) is 24.0 Å². The van der Waals surface area contributed by atoms with E-state index in [0.717, 1.165) is 11.1 Å². The Bertz CT molecular complexity index is 804. The number of aryl methyl sites for hydroxylation is 1. The summed E-state index contributed by atoms with van der Waals surface area (Å²) < 4.78 is 26.1. The number of nitrogens with one attached hydrogen (secondary N) is 1. The maximum Gasteiger partial charge on any atom is 0.242 e. The van der Waals surface area contributed by atoms with Gasteiger partial charge in [0.15, 0.2) is 0 Å². The zero-order chi connectivity index (χ0) is 18.3. The van der Waals surface area contributed by atoms with Crippen LogP contribution in [0.3, 0.4) is 0 Å². The van der Waals surface area contributed by atoms with E-state index in [2.05, 4.69) is 5.32 Å². The molecule has 1 amide bonds. The predicted octanol–water partition coefficient (Wildman–Crippen LogP) is 2.71. The number of carbonyl (C=O) groups is 1. The fraction of sp³-hybridized carbons (Fsp3) is 0.316. The first kappa shape index (κ1) is 19.1. The van der Waals surface area contributed by atoms with Gasteiger partial charge < -0.3 is 5.32 Å². The lowest BCUT2D eigenvalue weighted by atomic mass is 10.1. The summed E-state index contributed by atoms with van der Waals surface area (Å²) in [5.74, 6) is -0.0752. The molecule has 6 heteroatoms. The van der Waals surface area contributed by atoms with Gasteiger partial charge in [-0.15, -0.1) is 0 Å². The summed E-state index contributed by atoms with van der Waals surface area (Å²) in [5, 5.41) is 2.88. The zero-order valence-electron chi connectivity index (χ0n) is 14.6. The molecule has 0 saturated heterocycles. The summed E-state index contributed by atoms with van der Waals surface area (Å²) in [7, 11) is -1.96. The van der Waals surface area contributed by atoms with Crippen LogP contribution < -0.4 is 5.32 Å². The number of carbonyl (C=O) groups excluding carboxylic acids is 1. The fourth-order valence-corrected chi connectivity index (χ4v) is 3.68. The highest BCUT2D eigenvalue weighted by molar-refractivity contribution is 7.89. The van der Waals surface area contributed by atoms with Gasteiger partial charge in [0.05, 0.1) is 4.90 Å². The molecule has 0 radical (unpaired) electrons. The first-order chi connectivity index (χ1) is 11.9. The van der Waals surface area contributed by atoms with Gasteiger partial charge in [0.2, 0.25) is 15.9 Å². The minimum Gasteiger partial charge on any atom is -0.352 e. The molecule has 0 saturated carbocycles. The van der Waals surface area contributed by atoms with Gasteiger partial charge in [0.25, 0.3) is 0 Å². The SMILES string of the molecule is Cc1ccccc1CNC(=O)CCCN(C)S(=O)(=O)c1ccccc1. The molecule has 134 valence electrons. The van der Waals surface area contributed by atoms with Crippen LogP contribution in [0.25, 0.3) is 0 Å². The summed E-state index contributed by atoms with van der Waals surface area (Å²) in [5.41, 5.74) is 2.22. The summed E-state index contributed by atoms with van der Waals surface area (Å²) in [6.45, 7) is 2.80. The number of sulfonamides is 1. The van der Waals surface area contributed by atoms with Crippen molar-refractivity contribution in [2.45, 2.75) is 31.2 Å². The van der Waals surface area contributed by atoms with Crippen LogP contribution in [0.2, 0.25) is 0 Å². The van der Waals surface area contributed by atoms with E-state index in [4.69, 9.17) is 0 Å². The minimum atomic E-state index is -3.50. The van der Waals surface area contributed by atoms with Gasteiger partial charge in [-0.1, -0.05) is 42.5 Å². The van der Waals surface area contributed by atoms with E-state index < -0.39 is 10.0 Å². The van der Waals surface area contributed by atoms with E-state index >= 15 is 0 Å². The number of amides is 1. The van der Waals surface area contributed by atoms with E-state index in [1.165, 1.54) is 11.4 Å². The summed E-state index contributed by atoms with van der Waals surface area (Å²) in [6, 6.07) is 16.2. The molecule has 0 aliphatic carbocycles. The maximum atomic E-state index is 12.4. The van der Waals surface area contributed by atoms with Crippen LogP contribution in [0, 0.1) is 6.92 Å². The van der Waals surface area contributed by atoms with Gasteiger partial charge in [0.1, 0.15) is 0 Å². The molecule has 2 aromatic rings. The van der Waals surface area contributed by atoms with E-state index in [9.17, 15) is 13.2 Å². The average molecular weight is 360 g/mol. The lowest BCUT2D eigenvalue weighted by Crippen LogP contribution is -2.29. The van der Waals surface area contributed by atoms with Crippen molar-refractivity contribution < 1.29 is 13.2 Å². The Morgan fingerprint density at radius 3 is 2.36 bits per heavy atom. The molecular formula is C19H24N2O3S. The third kappa shape index (κ3) is 5.41. The Morgan fingerprint density at radius 2 is 1.68 bits per heavy atom. The standard InChI is InChI=1S/C19H24N2O3S/c1-16-9-6-7-10-17(16)15-20-19(22)13-8-14-21(2)25(23,24)18-11-4-3-5-12-18/h3-7,9-12H,8,13-15H2,1-2H3,(H,20,22). The van der Waals surface area contributed by atoms with Crippen LogP contribution >= 0.6 is 0 Å². The Hall–Kier alpha value is -2.18. The fourth-order valence-electron chi connectivity index (χ4n) is 2.45.